The van der Waals surface area contributed by atoms with E-state index in [1.807, 2.05) is 6.07 Å². The van der Waals surface area contributed by atoms with Crippen LogP contribution in [0.2, 0.25) is 0 Å². The number of carbonyl (C=O) groups is 1. The lowest BCUT2D eigenvalue weighted by atomic mass is 9.69. The summed E-state index contributed by atoms with van der Waals surface area (Å²) in [5.74, 6) is -0.297. The number of anilines is 1. The van der Waals surface area contributed by atoms with Gasteiger partial charge in [0, 0.05) is 0 Å². The molecular formula is C13H11N3O. The molecule has 84 valence electrons. The van der Waals surface area contributed by atoms with Gasteiger partial charge >= 0.3 is 0 Å². The van der Waals surface area contributed by atoms with Gasteiger partial charge in [0.15, 0.2) is 0 Å². The normalized spacial score (nSPS) is 16.1. The van der Waals surface area contributed by atoms with Gasteiger partial charge in [0.2, 0.25) is 5.91 Å². The Morgan fingerprint density at radius 1 is 1.29 bits per heavy atom. The van der Waals surface area contributed by atoms with Crippen molar-refractivity contribution >= 4 is 11.6 Å². The van der Waals surface area contributed by atoms with Crippen molar-refractivity contribution < 1.29 is 4.79 Å². The molecule has 1 fully saturated rings. The number of rotatable bonds is 2. The number of hydrogen-bond acceptors (Lipinski definition) is 3. The van der Waals surface area contributed by atoms with Crippen LogP contribution in [-0.2, 0) is 4.79 Å². The summed E-state index contributed by atoms with van der Waals surface area (Å²) in [5, 5.41) is 20.6. The molecule has 1 aromatic rings. The van der Waals surface area contributed by atoms with Gasteiger partial charge in [0.25, 0.3) is 0 Å². The summed E-state index contributed by atoms with van der Waals surface area (Å²) in [6, 6.07) is 10.9. The van der Waals surface area contributed by atoms with Crippen LogP contribution in [0.3, 0.4) is 0 Å². The lowest BCUT2D eigenvalue weighted by Crippen LogP contribution is -2.40. The molecule has 0 atom stereocenters. The SMILES string of the molecule is N#Cc1ccccc1NC(=O)C1(C#N)CCC1. The predicted octanol–water partition coefficient (Wildman–Crippen LogP) is 2.19. The maximum Gasteiger partial charge on any atom is 0.244 e. The molecule has 2 rings (SSSR count). The molecule has 1 aliphatic rings. The second-order valence-electron chi connectivity index (χ2n) is 4.16. The van der Waals surface area contributed by atoms with Crippen molar-refractivity contribution in [1.29, 1.82) is 10.5 Å². The summed E-state index contributed by atoms with van der Waals surface area (Å²) in [5.41, 5.74) is -0.00228. The summed E-state index contributed by atoms with van der Waals surface area (Å²) >= 11 is 0. The number of benzene rings is 1. The first-order valence-electron chi connectivity index (χ1n) is 5.44. The highest BCUT2D eigenvalue weighted by Crippen LogP contribution is 2.41. The van der Waals surface area contributed by atoms with Crippen LogP contribution in [0.1, 0.15) is 24.8 Å². The Bertz CT molecular complexity index is 532. The molecule has 1 saturated carbocycles. The fraction of sp³-hybridized carbons (Fsp3) is 0.308. The first-order chi connectivity index (χ1) is 8.22. The van der Waals surface area contributed by atoms with Crippen molar-refractivity contribution in [2.75, 3.05) is 5.32 Å². The number of nitriles is 2. The standard InChI is InChI=1S/C13H11N3O/c14-8-10-4-1-2-5-11(10)16-12(17)13(9-15)6-3-7-13/h1-2,4-5H,3,6-7H2,(H,16,17). The lowest BCUT2D eigenvalue weighted by molar-refractivity contribution is -0.126. The first kappa shape index (κ1) is 11.2. The smallest absolute Gasteiger partial charge is 0.244 e. The Morgan fingerprint density at radius 2 is 2.00 bits per heavy atom. The lowest BCUT2D eigenvalue weighted by Gasteiger charge is -2.33. The largest absolute Gasteiger partial charge is 0.324 e. The second-order valence-corrected chi connectivity index (χ2v) is 4.16. The summed E-state index contributed by atoms with van der Waals surface area (Å²) in [6.45, 7) is 0. The fourth-order valence-electron chi connectivity index (χ4n) is 1.85. The molecule has 0 radical (unpaired) electrons. The van der Waals surface area contributed by atoms with E-state index in [1.165, 1.54) is 0 Å². The second kappa shape index (κ2) is 4.27. The van der Waals surface area contributed by atoms with Crippen molar-refractivity contribution in [2.45, 2.75) is 19.3 Å². The van der Waals surface area contributed by atoms with E-state index >= 15 is 0 Å². The van der Waals surface area contributed by atoms with E-state index in [9.17, 15) is 4.79 Å². The minimum absolute atomic E-state index is 0.297. The van der Waals surface area contributed by atoms with Gasteiger partial charge in [-0.3, -0.25) is 4.79 Å². The Balaban J connectivity index is 2.20. The molecule has 0 unspecified atom stereocenters. The van der Waals surface area contributed by atoms with Crippen LogP contribution in [0, 0.1) is 28.1 Å². The third kappa shape index (κ3) is 1.86. The predicted molar refractivity (Wildman–Crippen MR) is 61.7 cm³/mol. The maximum absolute atomic E-state index is 12.0. The molecule has 4 nitrogen and oxygen atoms in total. The van der Waals surface area contributed by atoms with Crippen molar-refractivity contribution in [2.24, 2.45) is 5.41 Å². The molecule has 1 aliphatic carbocycles. The molecule has 0 bridgehead atoms. The van der Waals surface area contributed by atoms with Gasteiger partial charge in [-0.15, -0.1) is 0 Å². The number of amides is 1. The minimum atomic E-state index is -0.886. The Morgan fingerprint density at radius 3 is 2.53 bits per heavy atom. The zero-order valence-electron chi connectivity index (χ0n) is 9.23. The van der Waals surface area contributed by atoms with E-state index in [0.29, 0.717) is 24.1 Å². The van der Waals surface area contributed by atoms with Gasteiger partial charge in [0.05, 0.1) is 17.3 Å². The molecule has 0 aliphatic heterocycles. The van der Waals surface area contributed by atoms with Crippen LogP contribution in [0.25, 0.3) is 0 Å². The molecular weight excluding hydrogens is 214 g/mol. The van der Waals surface area contributed by atoms with Gasteiger partial charge in [0.1, 0.15) is 11.5 Å². The van der Waals surface area contributed by atoms with Gasteiger partial charge in [-0.25, -0.2) is 0 Å². The Hall–Kier alpha value is -2.33. The third-order valence-electron chi connectivity index (χ3n) is 3.15. The molecule has 17 heavy (non-hydrogen) atoms. The van der Waals surface area contributed by atoms with Gasteiger partial charge in [-0.1, -0.05) is 12.1 Å². The number of nitrogens with one attached hydrogen (secondary N) is 1. The average molecular weight is 225 g/mol. The van der Waals surface area contributed by atoms with Crippen LogP contribution >= 0.6 is 0 Å². The number of nitrogens with zero attached hydrogens (tertiary/aromatic N) is 2. The highest BCUT2D eigenvalue weighted by molar-refractivity contribution is 5.98. The van der Waals surface area contributed by atoms with Crippen LogP contribution in [0.4, 0.5) is 5.69 Å². The van der Waals surface area contributed by atoms with Crippen LogP contribution < -0.4 is 5.32 Å². The molecule has 0 aromatic heterocycles. The first-order valence-corrected chi connectivity index (χ1v) is 5.44. The molecule has 4 heteroatoms. The monoisotopic (exact) mass is 225 g/mol. The van der Waals surface area contributed by atoms with Crippen molar-refractivity contribution in [3.05, 3.63) is 29.8 Å². The van der Waals surface area contributed by atoms with Gasteiger partial charge in [-0.05, 0) is 31.4 Å². The number of hydrogen-bond donors (Lipinski definition) is 1. The van der Waals surface area contributed by atoms with E-state index in [-0.39, 0.29) is 5.91 Å². The molecule has 0 heterocycles. The molecule has 1 aromatic carbocycles. The number of para-hydroxylation sites is 1. The van der Waals surface area contributed by atoms with Crippen molar-refractivity contribution in [3.63, 3.8) is 0 Å². The molecule has 1 N–H and O–H groups in total. The van der Waals surface area contributed by atoms with Crippen LogP contribution in [-0.4, -0.2) is 5.91 Å². The van der Waals surface area contributed by atoms with E-state index in [4.69, 9.17) is 10.5 Å². The quantitative estimate of drug-likeness (QED) is 0.838. The topological polar surface area (TPSA) is 76.7 Å². The summed E-state index contributed by atoms with van der Waals surface area (Å²) in [6.07, 6.45) is 2.11. The maximum atomic E-state index is 12.0. The average Bonchev–Trinajstić information content (AvgIpc) is 2.29. The van der Waals surface area contributed by atoms with Gasteiger partial charge in [-0.2, -0.15) is 10.5 Å². The Labute approximate surface area is 99.5 Å². The summed E-state index contributed by atoms with van der Waals surface area (Å²) in [4.78, 5) is 12.0. The minimum Gasteiger partial charge on any atom is -0.324 e. The molecule has 1 amide bonds. The van der Waals surface area contributed by atoms with E-state index in [2.05, 4.69) is 11.4 Å². The molecule has 0 spiro atoms. The van der Waals surface area contributed by atoms with Crippen LogP contribution in [0.15, 0.2) is 24.3 Å². The van der Waals surface area contributed by atoms with Gasteiger partial charge < -0.3 is 5.32 Å². The third-order valence-corrected chi connectivity index (χ3v) is 3.15. The fourth-order valence-corrected chi connectivity index (χ4v) is 1.85. The van der Waals surface area contributed by atoms with E-state index in [1.54, 1.807) is 24.3 Å². The van der Waals surface area contributed by atoms with Crippen LogP contribution in [0.5, 0.6) is 0 Å². The highest BCUT2D eigenvalue weighted by atomic mass is 16.2. The zero-order chi connectivity index (χ0) is 12.3. The highest BCUT2D eigenvalue weighted by Gasteiger charge is 2.44. The van der Waals surface area contributed by atoms with E-state index < -0.39 is 5.41 Å². The van der Waals surface area contributed by atoms with Crippen molar-refractivity contribution in [3.8, 4) is 12.1 Å². The van der Waals surface area contributed by atoms with Crippen molar-refractivity contribution in [1.82, 2.24) is 0 Å². The zero-order valence-corrected chi connectivity index (χ0v) is 9.23. The summed E-state index contributed by atoms with van der Waals surface area (Å²) in [7, 11) is 0. The number of carbonyl (C=O) groups excluding carboxylic acids is 1. The van der Waals surface area contributed by atoms with E-state index in [0.717, 1.165) is 6.42 Å². The molecule has 0 saturated heterocycles. The Kier molecular flexibility index (Phi) is 2.80. The summed E-state index contributed by atoms with van der Waals surface area (Å²) < 4.78 is 0.